The highest BCUT2D eigenvalue weighted by Crippen LogP contribution is 2.24. The van der Waals surface area contributed by atoms with Crippen LogP contribution in [0.2, 0.25) is 5.02 Å². The lowest BCUT2D eigenvalue weighted by Gasteiger charge is -2.28. The molecule has 0 saturated heterocycles. The SMILES string of the molecule is Cc1nonc1CN(C)Cc1c(C(=O)N2CCc3ccccc3C2)nc2ccc(Cl)cn12. The molecule has 3 aromatic heterocycles. The molecule has 0 bridgehead atoms. The minimum atomic E-state index is -0.0676. The van der Waals surface area contributed by atoms with E-state index in [1.807, 2.05) is 41.5 Å². The maximum absolute atomic E-state index is 13.6. The zero-order chi connectivity index (χ0) is 22.2. The molecule has 0 atom stereocenters. The quantitative estimate of drug-likeness (QED) is 0.463. The first-order valence-corrected chi connectivity index (χ1v) is 10.9. The zero-order valence-corrected chi connectivity index (χ0v) is 18.7. The summed E-state index contributed by atoms with van der Waals surface area (Å²) in [6, 6.07) is 11.9. The Morgan fingerprint density at radius 3 is 2.75 bits per heavy atom. The maximum Gasteiger partial charge on any atom is 0.274 e. The van der Waals surface area contributed by atoms with Crippen molar-refractivity contribution in [2.24, 2.45) is 0 Å². The molecule has 1 amide bonds. The summed E-state index contributed by atoms with van der Waals surface area (Å²) in [5, 5.41) is 8.40. The number of carbonyl (C=O) groups excluding carboxylic acids is 1. The summed E-state index contributed by atoms with van der Waals surface area (Å²) < 4.78 is 6.72. The van der Waals surface area contributed by atoms with Crippen LogP contribution in [0.5, 0.6) is 0 Å². The molecule has 1 aromatic carbocycles. The van der Waals surface area contributed by atoms with Crippen molar-refractivity contribution in [1.82, 2.24) is 29.5 Å². The average Bonchev–Trinajstić information content (AvgIpc) is 3.36. The first-order valence-electron chi connectivity index (χ1n) is 10.5. The molecule has 0 saturated carbocycles. The summed E-state index contributed by atoms with van der Waals surface area (Å²) in [5.74, 6) is -0.0676. The second-order valence-electron chi connectivity index (χ2n) is 8.20. The number of imidazole rings is 1. The molecular weight excluding hydrogens is 428 g/mol. The van der Waals surface area contributed by atoms with Crippen molar-refractivity contribution in [1.29, 1.82) is 0 Å². The molecule has 0 unspecified atom stereocenters. The Labute approximate surface area is 190 Å². The molecule has 164 valence electrons. The molecule has 4 heterocycles. The van der Waals surface area contributed by atoms with Crippen LogP contribution in [-0.4, -0.2) is 49.0 Å². The Balaban J connectivity index is 1.47. The van der Waals surface area contributed by atoms with Gasteiger partial charge in [0.1, 0.15) is 17.0 Å². The van der Waals surface area contributed by atoms with Gasteiger partial charge in [0.25, 0.3) is 5.91 Å². The molecule has 0 fully saturated rings. The van der Waals surface area contributed by atoms with Gasteiger partial charge in [0.15, 0.2) is 5.69 Å². The second kappa shape index (κ2) is 8.37. The van der Waals surface area contributed by atoms with Crippen LogP contribution in [0.25, 0.3) is 5.65 Å². The van der Waals surface area contributed by atoms with Gasteiger partial charge in [0.05, 0.1) is 10.7 Å². The third kappa shape index (κ3) is 3.87. The number of rotatable bonds is 5. The van der Waals surface area contributed by atoms with Crippen molar-refractivity contribution in [2.75, 3.05) is 13.6 Å². The predicted octanol–water partition coefficient (Wildman–Crippen LogP) is 3.51. The molecule has 9 heteroatoms. The molecule has 0 N–H and O–H groups in total. The Morgan fingerprint density at radius 2 is 1.97 bits per heavy atom. The molecule has 1 aliphatic rings. The number of carbonyl (C=O) groups is 1. The van der Waals surface area contributed by atoms with E-state index in [4.69, 9.17) is 21.2 Å². The monoisotopic (exact) mass is 450 g/mol. The van der Waals surface area contributed by atoms with Gasteiger partial charge in [-0.3, -0.25) is 9.69 Å². The Bertz CT molecular complexity index is 1300. The number of aryl methyl sites for hydroxylation is 1. The van der Waals surface area contributed by atoms with E-state index in [2.05, 4.69) is 27.3 Å². The van der Waals surface area contributed by atoms with Gasteiger partial charge in [-0.25, -0.2) is 9.61 Å². The van der Waals surface area contributed by atoms with E-state index in [0.717, 1.165) is 23.5 Å². The van der Waals surface area contributed by atoms with E-state index >= 15 is 0 Å². The number of halogens is 1. The van der Waals surface area contributed by atoms with Crippen LogP contribution in [0.15, 0.2) is 47.2 Å². The third-order valence-corrected chi connectivity index (χ3v) is 6.11. The van der Waals surface area contributed by atoms with Gasteiger partial charge >= 0.3 is 0 Å². The number of fused-ring (bicyclic) bond motifs is 2. The normalized spacial score (nSPS) is 13.7. The summed E-state index contributed by atoms with van der Waals surface area (Å²) >= 11 is 6.27. The minimum absolute atomic E-state index is 0.0676. The molecule has 5 rings (SSSR count). The lowest BCUT2D eigenvalue weighted by molar-refractivity contribution is 0.0727. The largest absolute Gasteiger partial charge is 0.333 e. The molecule has 1 aliphatic heterocycles. The fourth-order valence-electron chi connectivity index (χ4n) is 4.17. The Kier molecular flexibility index (Phi) is 5.40. The number of pyridine rings is 1. The summed E-state index contributed by atoms with van der Waals surface area (Å²) in [5.41, 5.74) is 5.94. The van der Waals surface area contributed by atoms with Gasteiger partial charge in [-0.1, -0.05) is 46.2 Å². The topological polar surface area (TPSA) is 79.8 Å². The Hall–Kier alpha value is -3.23. The molecular formula is C23H23ClN6O2. The standard InChI is InChI=1S/C23H23ClN6O2/c1-15-19(27-32-26-15)13-28(2)14-20-22(25-21-8-7-18(24)12-30(20)21)23(31)29-10-9-16-5-3-4-6-17(16)11-29/h3-8,12H,9-11,13-14H2,1-2H3. The smallest absolute Gasteiger partial charge is 0.274 e. The molecule has 0 aliphatic carbocycles. The van der Waals surface area contributed by atoms with Gasteiger partial charge < -0.3 is 9.30 Å². The molecule has 0 spiro atoms. The number of aromatic nitrogens is 4. The summed E-state index contributed by atoms with van der Waals surface area (Å²) in [4.78, 5) is 22.2. The van der Waals surface area contributed by atoms with Gasteiger partial charge in [-0.15, -0.1) is 0 Å². The van der Waals surface area contributed by atoms with Crippen LogP contribution in [0.4, 0.5) is 0 Å². The van der Waals surface area contributed by atoms with Crippen molar-refractivity contribution < 1.29 is 9.42 Å². The number of amides is 1. The lowest BCUT2D eigenvalue weighted by atomic mass is 9.99. The lowest BCUT2D eigenvalue weighted by Crippen LogP contribution is -2.37. The van der Waals surface area contributed by atoms with Crippen LogP contribution in [0.1, 0.15) is 38.7 Å². The van der Waals surface area contributed by atoms with E-state index in [1.54, 1.807) is 12.3 Å². The van der Waals surface area contributed by atoms with Gasteiger partial charge in [0.2, 0.25) is 0 Å². The number of nitrogens with zero attached hydrogens (tertiary/aromatic N) is 6. The highest BCUT2D eigenvalue weighted by molar-refractivity contribution is 6.30. The van der Waals surface area contributed by atoms with Gasteiger partial charge in [0, 0.05) is 32.4 Å². The number of hydrogen-bond acceptors (Lipinski definition) is 6. The van der Waals surface area contributed by atoms with E-state index in [-0.39, 0.29) is 5.91 Å². The third-order valence-electron chi connectivity index (χ3n) is 5.89. The van der Waals surface area contributed by atoms with Crippen molar-refractivity contribution in [3.05, 3.63) is 81.5 Å². The average molecular weight is 451 g/mol. The summed E-state index contributed by atoms with van der Waals surface area (Å²) in [7, 11) is 1.96. The van der Waals surface area contributed by atoms with Crippen molar-refractivity contribution >= 4 is 23.2 Å². The molecule has 0 radical (unpaired) electrons. The predicted molar refractivity (Wildman–Crippen MR) is 119 cm³/mol. The van der Waals surface area contributed by atoms with E-state index in [0.29, 0.717) is 42.5 Å². The van der Waals surface area contributed by atoms with Crippen LogP contribution in [-0.2, 0) is 26.1 Å². The van der Waals surface area contributed by atoms with Crippen LogP contribution < -0.4 is 0 Å². The number of hydrogen-bond donors (Lipinski definition) is 0. The van der Waals surface area contributed by atoms with Crippen LogP contribution in [0, 0.1) is 6.92 Å². The second-order valence-corrected chi connectivity index (χ2v) is 8.63. The van der Waals surface area contributed by atoms with E-state index in [1.165, 1.54) is 11.1 Å². The van der Waals surface area contributed by atoms with Crippen molar-refractivity contribution in [2.45, 2.75) is 33.0 Å². The first-order chi connectivity index (χ1) is 15.5. The van der Waals surface area contributed by atoms with Crippen LogP contribution in [0.3, 0.4) is 0 Å². The fourth-order valence-corrected chi connectivity index (χ4v) is 4.33. The van der Waals surface area contributed by atoms with E-state index in [9.17, 15) is 4.79 Å². The zero-order valence-electron chi connectivity index (χ0n) is 18.0. The Morgan fingerprint density at radius 1 is 1.16 bits per heavy atom. The maximum atomic E-state index is 13.6. The van der Waals surface area contributed by atoms with Gasteiger partial charge in [-0.2, -0.15) is 0 Å². The first kappa shape index (κ1) is 20.7. The summed E-state index contributed by atoms with van der Waals surface area (Å²) in [6.45, 7) is 4.14. The molecule has 8 nitrogen and oxygen atoms in total. The fraction of sp³-hybridized carbons (Fsp3) is 0.304. The molecule has 32 heavy (non-hydrogen) atoms. The minimum Gasteiger partial charge on any atom is -0.333 e. The van der Waals surface area contributed by atoms with E-state index < -0.39 is 0 Å². The number of benzene rings is 1. The summed E-state index contributed by atoms with van der Waals surface area (Å²) in [6.07, 6.45) is 2.65. The highest BCUT2D eigenvalue weighted by Gasteiger charge is 2.27. The van der Waals surface area contributed by atoms with Crippen molar-refractivity contribution in [3.8, 4) is 0 Å². The van der Waals surface area contributed by atoms with Crippen LogP contribution >= 0.6 is 11.6 Å². The molecule has 4 aromatic rings. The van der Waals surface area contributed by atoms with Gasteiger partial charge in [-0.05, 0) is 43.7 Å². The highest BCUT2D eigenvalue weighted by atomic mass is 35.5. The van der Waals surface area contributed by atoms with Crippen molar-refractivity contribution in [3.63, 3.8) is 0 Å².